The molecular formula is C30H35FN4O2. The lowest BCUT2D eigenvalue weighted by Crippen LogP contribution is -2.46. The SMILES string of the molecule is Cc1cccc(N(C(=O)c2ccc(NC(C)C)nc2)[C@@H](C(=O)NC2CCCC2)c2ccc(F)cc2)c1C. The number of aryl methyl sites for hydroxylation is 1. The normalized spacial score (nSPS) is 14.4. The Labute approximate surface area is 218 Å². The van der Waals surface area contributed by atoms with Crippen LogP contribution in [0.15, 0.2) is 60.8 Å². The van der Waals surface area contributed by atoms with Crippen molar-refractivity contribution >= 4 is 23.3 Å². The second-order valence-corrected chi connectivity index (χ2v) is 10.1. The smallest absolute Gasteiger partial charge is 0.260 e. The van der Waals surface area contributed by atoms with E-state index in [1.165, 1.54) is 23.2 Å². The molecule has 37 heavy (non-hydrogen) atoms. The third-order valence-electron chi connectivity index (χ3n) is 6.90. The lowest BCUT2D eigenvalue weighted by atomic mass is 9.99. The molecule has 6 nitrogen and oxygen atoms in total. The Bertz CT molecular complexity index is 1240. The molecule has 0 spiro atoms. The summed E-state index contributed by atoms with van der Waals surface area (Å²) in [5, 5.41) is 6.39. The molecule has 1 aliphatic carbocycles. The zero-order valence-corrected chi connectivity index (χ0v) is 21.9. The fraction of sp³-hybridized carbons (Fsp3) is 0.367. The molecule has 0 radical (unpaired) electrons. The molecule has 1 saturated carbocycles. The van der Waals surface area contributed by atoms with Crippen LogP contribution in [-0.4, -0.2) is 28.9 Å². The van der Waals surface area contributed by atoms with E-state index in [4.69, 9.17) is 0 Å². The summed E-state index contributed by atoms with van der Waals surface area (Å²) in [6.45, 7) is 7.94. The molecular weight excluding hydrogens is 467 g/mol. The van der Waals surface area contributed by atoms with E-state index in [-0.39, 0.29) is 23.9 Å². The number of carbonyl (C=O) groups excluding carboxylic acids is 2. The van der Waals surface area contributed by atoms with Crippen molar-refractivity contribution in [3.8, 4) is 0 Å². The highest BCUT2D eigenvalue weighted by atomic mass is 19.1. The van der Waals surface area contributed by atoms with Gasteiger partial charge in [-0.25, -0.2) is 9.37 Å². The van der Waals surface area contributed by atoms with Gasteiger partial charge in [-0.05, 0) is 87.6 Å². The zero-order chi connectivity index (χ0) is 26.5. The average Bonchev–Trinajstić information content (AvgIpc) is 3.38. The van der Waals surface area contributed by atoms with Crippen LogP contribution >= 0.6 is 0 Å². The summed E-state index contributed by atoms with van der Waals surface area (Å²) >= 11 is 0. The van der Waals surface area contributed by atoms with Crippen LogP contribution in [0.1, 0.15) is 72.6 Å². The summed E-state index contributed by atoms with van der Waals surface area (Å²) in [6.07, 6.45) is 5.48. The minimum atomic E-state index is -0.984. The van der Waals surface area contributed by atoms with Gasteiger partial charge in [0, 0.05) is 24.0 Å². The van der Waals surface area contributed by atoms with Gasteiger partial charge in [-0.1, -0.05) is 37.1 Å². The molecule has 1 heterocycles. The topological polar surface area (TPSA) is 74.3 Å². The molecule has 1 fully saturated rings. The first-order valence-electron chi connectivity index (χ1n) is 12.9. The lowest BCUT2D eigenvalue weighted by Gasteiger charge is -2.33. The molecule has 7 heteroatoms. The number of carbonyl (C=O) groups is 2. The first-order chi connectivity index (χ1) is 17.7. The van der Waals surface area contributed by atoms with Gasteiger partial charge in [-0.15, -0.1) is 0 Å². The number of hydrogen-bond acceptors (Lipinski definition) is 4. The van der Waals surface area contributed by atoms with Crippen LogP contribution in [-0.2, 0) is 4.79 Å². The first-order valence-corrected chi connectivity index (χ1v) is 12.9. The Balaban J connectivity index is 1.82. The number of nitrogens with zero attached hydrogens (tertiary/aromatic N) is 2. The highest BCUT2D eigenvalue weighted by Crippen LogP contribution is 2.34. The molecule has 4 rings (SSSR count). The van der Waals surface area contributed by atoms with Crippen molar-refractivity contribution in [1.82, 2.24) is 10.3 Å². The van der Waals surface area contributed by atoms with Crippen molar-refractivity contribution in [3.63, 3.8) is 0 Å². The molecule has 0 saturated heterocycles. The minimum absolute atomic E-state index is 0.0639. The standard InChI is InChI=1S/C30H35FN4O2/c1-19(2)33-27-17-14-23(18-32-27)30(37)35(26-11-7-8-20(3)21(26)4)28(22-12-15-24(31)16-13-22)29(36)34-25-9-5-6-10-25/h7-8,11-19,25,28H,5-6,9-10H2,1-4H3,(H,32,33)(H,34,36)/t28-/m1/s1. The molecule has 0 aliphatic heterocycles. The number of rotatable bonds is 8. The highest BCUT2D eigenvalue weighted by Gasteiger charge is 2.35. The third kappa shape index (κ3) is 6.16. The van der Waals surface area contributed by atoms with Crippen molar-refractivity contribution in [2.24, 2.45) is 0 Å². The molecule has 3 aromatic rings. The highest BCUT2D eigenvalue weighted by molar-refractivity contribution is 6.10. The molecule has 1 aromatic heterocycles. The molecule has 1 aliphatic rings. The second kappa shape index (κ2) is 11.5. The van der Waals surface area contributed by atoms with Crippen molar-refractivity contribution in [2.75, 3.05) is 10.2 Å². The Morgan fingerprint density at radius 1 is 1.00 bits per heavy atom. The van der Waals surface area contributed by atoms with E-state index in [0.29, 0.717) is 22.6 Å². The van der Waals surface area contributed by atoms with E-state index in [2.05, 4.69) is 15.6 Å². The van der Waals surface area contributed by atoms with Gasteiger partial charge in [0.05, 0.1) is 5.56 Å². The van der Waals surface area contributed by atoms with Crippen LogP contribution in [0.5, 0.6) is 0 Å². The van der Waals surface area contributed by atoms with Gasteiger partial charge in [-0.2, -0.15) is 0 Å². The van der Waals surface area contributed by atoms with Gasteiger partial charge in [0.15, 0.2) is 0 Å². The number of halogens is 1. The average molecular weight is 503 g/mol. The molecule has 0 unspecified atom stereocenters. The molecule has 2 amide bonds. The van der Waals surface area contributed by atoms with E-state index in [9.17, 15) is 14.0 Å². The van der Waals surface area contributed by atoms with Gasteiger partial charge in [0.1, 0.15) is 17.7 Å². The number of pyridine rings is 1. The van der Waals surface area contributed by atoms with Crippen molar-refractivity contribution in [3.05, 3.63) is 88.9 Å². The fourth-order valence-electron chi connectivity index (χ4n) is 4.82. The van der Waals surface area contributed by atoms with Gasteiger partial charge >= 0.3 is 0 Å². The van der Waals surface area contributed by atoms with Crippen molar-refractivity contribution in [2.45, 2.75) is 71.5 Å². The Hall–Kier alpha value is -3.74. The number of benzene rings is 2. The summed E-state index contributed by atoms with van der Waals surface area (Å²) in [4.78, 5) is 34.0. The Kier molecular flexibility index (Phi) is 8.21. The molecule has 1 atom stereocenters. The van der Waals surface area contributed by atoms with Crippen LogP contribution in [0.3, 0.4) is 0 Å². The van der Waals surface area contributed by atoms with Crippen LogP contribution in [0, 0.1) is 19.7 Å². The summed E-state index contributed by atoms with van der Waals surface area (Å²) in [5.74, 6) is -0.369. The maximum Gasteiger partial charge on any atom is 0.260 e. The van der Waals surface area contributed by atoms with E-state index in [1.54, 1.807) is 24.3 Å². The van der Waals surface area contributed by atoms with Gasteiger partial charge in [0.25, 0.3) is 5.91 Å². The van der Waals surface area contributed by atoms with Crippen LogP contribution in [0.4, 0.5) is 15.9 Å². The number of hydrogen-bond donors (Lipinski definition) is 2. The van der Waals surface area contributed by atoms with Gasteiger partial charge in [0.2, 0.25) is 5.91 Å². The Morgan fingerprint density at radius 2 is 1.70 bits per heavy atom. The Morgan fingerprint density at radius 3 is 2.32 bits per heavy atom. The van der Waals surface area contributed by atoms with Crippen LogP contribution in [0.25, 0.3) is 0 Å². The second-order valence-electron chi connectivity index (χ2n) is 10.1. The molecule has 194 valence electrons. The van der Waals surface area contributed by atoms with Gasteiger partial charge in [-0.3, -0.25) is 14.5 Å². The minimum Gasteiger partial charge on any atom is -0.368 e. The number of amides is 2. The lowest BCUT2D eigenvalue weighted by molar-refractivity contribution is -0.123. The van der Waals surface area contributed by atoms with Crippen molar-refractivity contribution < 1.29 is 14.0 Å². The largest absolute Gasteiger partial charge is 0.368 e. The number of aromatic nitrogens is 1. The first kappa shape index (κ1) is 26.3. The van der Waals surface area contributed by atoms with E-state index < -0.39 is 11.9 Å². The number of anilines is 2. The zero-order valence-electron chi connectivity index (χ0n) is 21.9. The predicted octanol–water partition coefficient (Wildman–Crippen LogP) is 6.10. The predicted molar refractivity (Wildman–Crippen MR) is 145 cm³/mol. The molecule has 2 aromatic carbocycles. The van der Waals surface area contributed by atoms with E-state index >= 15 is 0 Å². The van der Waals surface area contributed by atoms with E-state index in [1.807, 2.05) is 45.9 Å². The maximum atomic E-state index is 14.2. The molecule has 2 N–H and O–H groups in total. The summed E-state index contributed by atoms with van der Waals surface area (Å²) in [5.41, 5.74) is 3.42. The fourth-order valence-corrected chi connectivity index (χ4v) is 4.82. The number of nitrogens with one attached hydrogen (secondary N) is 2. The van der Waals surface area contributed by atoms with Gasteiger partial charge < -0.3 is 10.6 Å². The third-order valence-corrected chi connectivity index (χ3v) is 6.90. The summed E-state index contributed by atoms with van der Waals surface area (Å²) in [6, 6.07) is 14.3. The summed E-state index contributed by atoms with van der Waals surface area (Å²) in [7, 11) is 0. The quantitative estimate of drug-likeness (QED) is 0.390. The molecule has 0 bridgehead atoms. The maximum absolute atomic E-state index is 14.2. The van der Waals surface area contributed by atoms with E-state index in [0.717, 1.165) is 36.8 Å². The van der Waals surface area contributed by atoms with Crippen molar-refractivity contribution in [1.29, 1.82) is 0 Å². The summed E-state index contributed by atoms with van der Waals surface area (Å²) < 4.78 is 13.9. The van der Waals surface area contributed by atoms with Crippen LogP contribution < -0.4 is 15.5 Å². The monoisotopic (exact) mass is 502 g/mol. The van der Waals surface area contributed by atoms with Crippen LogP contribution in [0.2, 0.25) is 0 Å².